The maximum absolute atomic E-state index is 4.54. The van der Waals surface area contributed by atoms with E-state index in [0.29, 0.717) is 0 Å². The Morgan fingerprint density at radius 1 is 1.33 bits per heavy atom. The van der Waals surface area contributed by atoms with Gasteiger partial charge in [-0.2, -0.15) is 0 Å². The van der Waals surface area contributed by atoms with Gasteiger partial charge in [0.15, 0.2) is 5.65 Å². The van der Waals surface area contributed by atoms with E-state index in [1.165, 1.54) is 0 Å². The zero-order valence-corrected chi connectivity index (χ0v) is 9.56. The van der Waals surface area contributed by atoms with Gasteiger partial charge in [-0.1, -0.05) is 0 Å². The van der Waals surface area contributed by atoms with Crippen LogP contribution >= 0.6 is 0 Å². The Labute approximate surface area is 89.1 Å². The third-order valence-electron chi connectivity index (χ3n) is 1.97. The van der Waals surface area contributed by atoms with Gasteiger partial charge in [-0.3, -0.25) is 0 Å². The summed E-state index contributed by atoms with van der Waals surface area (Å²) in [5.74, 6) is 0. The molecule has 0 spiro atoms. The van der Waals surface area contributed by atoms with Crippen molar-refractivity contribution in [2.24, 2.45) is 7.05 Å². The molecule has 0 saturated carbocycles. The number of imidazole rings is 1. The molecule has 0 aliphatic carbocycles. The van der Waals surface area contributed by atoms with Crippen LogP contribution in [0.3, 0.4) is 0 Å². The fourth-order valence-corrected chi connectivity index (χ4v) is 1.06. The summed E-state index contributed by atoms with van der Waals surface area (Å²) in [6, 6.07) is 0. The molecule has 82 valence electrons. The molecule has 0 saturated heterocycles. The zero-order valence-electron chi connectivity index (χ0n) is 9.56. The standard InChI is InChI=1S/C7H8N4.C3H8O/c1-5-6-7(9-3-8-5)11(2)4-10-6;1-3-4-2/h3-4H,1-2H3;3H2,1-2H3. The average molecular weight is 208 g/mol. The van der Waals surface area contributed by atoms with Crippen molar-refractivity contribution in [2.75, 3.05) is 13.7 Å². The molecule has 0 aliphatic heterocycles. The first-order valence-electron chi connectivity index (χ1n) is 4.78. The van der Waals surface area contributed by atoms with Gasteiger partial charge in [0.05, 0.1) is 12.0 Å². The van der Waals surface area contributed by atoms with Crippen molar-refractivity contribution in [3.63, 3.8) is 0 Å². The molecule has 0 aliphatic rings. The molecule has 0 N–H and O–H groups in total. The Hall–Kier alpha value is -1.49. The molecule has 2 aromatic rings. The Morgan fingerprint density at radius 3 is 2.53 bits per heavy atom. The molecule has 0 atom stereocenters. The van der Waals surface area contributed by atoms with Crippen LogP contribution in [0.25, 0.3) is 11.2 Å². The van der Waals surface area contributed by atoms with Gasteiger partial charge in [0.2, 0.25) is 0 Å². The van der Waals surface area contributed by atoms with Gasteiger partial charge in [-0.15, -0.1) is 0 Å². The quantitative estimate of drug-likeness (QED) is 0.709. The summed E-state index contributed by atoms with van der Waals surface area (Å²) < 4.78 is 6.42. The number of ether oxygens (including phenoxy) is 1. The van der Waals surface area contributed by atoms with E-state index in [1.807, 2.05) is 25.5 Å². The van der Waals surface area contributed by atoms with Gasteiger partial charge in [0.25, 0.3) is 0 Å². The minimum atomic E-state index is 0.819. The van der Waals surface area contributed by atoms with Crippen LogP contribution in [0, 0.1) is 6.92 Å². The third kappa shape index (κ3) is 2.73. The second-order valence-electron chi connectivity index (χ2n) is 3.06. The van der Waals surface area contributed by atoms with E-state index < -0.39 is 0 Å². The molecule has 0 bridgehead atoms. The molecule has 0 radical (unpaired) electrons. The van der Waals surface area contributed by atoms with Crippen LogP contribution in [0.5, 0.6) is 0 Å². The fraction of sp³-hybridized carbons (Fsp3) is 0.500. The van der Waals surface area contributed by atoms with Crippen molar-refractivity contribution in [3.05, 3.63) is 18.3 Å². The van der Waals surface area contributed by atoms with Crippen LogP contribution in [0.4, 0.5) is 0 Å². The van der Waals surface area contributed by atoms with Crippen LogP contribution < -0.4 is 0 Å². The maximum Gasteiger partial charge on any atom is 0.163 e. The second kappa shape index (κ2) is 5.41. The SMILES string of the molecule is CCOC.Cc1ncnc2c1ncn2C. The highest BCUT2D eigenvalue weighted by molar-refractivity contribution is 5.72. The minimum Gasteiger partial charge on any atom is -0.385 e. The van der Waals surface area contributed by atoms with Crippen molar-refractivity contribution in [2.45, 2.75) is 13.8 Å². The van der Waals surface area contributed by atoms with E-state index in [4.69, 9.17) is 0 Å². The summed E-state index contributed by atoms with van der Waals surface area (Å²) in [5.41, 5.74) is 2.70. The van der Waals surface area contributed by atoms with Gasteiger partial charge in [0.1, 0.15) is 11.8 Å². The minimum absolute atomic E-state index is 0.819. The van der Waals surface area contributed by atoms with E-state index in [9.17, 15) is 0 Å². The summed E-state index contributed by atoms with van der Waals surface area (Å²) >= 11 is 0. The summed E-state index contributed by atoms with van der Waals surface area (Å²) in [6.07, 6.45) is 3.30. The number of hydrogen-bond acceptors (Lipinski definition) is 4. The Bertz CT molecular complexity index is 422. The molecule has 5 nitrogen and oxygen atoms in total. The number of aryl methyl sites for hydroxylation is 2. The largest absolute Gasteiger partial charge is 0.385 e. The Kier molecular flexibility index (Phi) is 4.17. The van der Waals surface area contributed by atoms with Crippen molar-refractivity contribution in [3.8, 4) is 0 Å². The molecule has 0 fully saturated rings. The van der Waals surface area contributed by atoms with Gasteiger partial charge in [0, 0.05) is 20.8 Å². The van der Waals surface area contributed by atoms with E-state index in [1.54, 1.807) is 19.8 Å². The fourth-order valence-electron chi connectivity index (χ4n) is 1.06. The van der Waals surface area contributed by atoms with Crippen molar-refractivity contribution < 1.29 is 4.74 Å². The number of nitrogens with zero attached hydrogens (tertiary/aromatic N) is 4. The first-order chi connectivity index (χ1) is 7.20. The van der Waals surface area contributed by atoms with Crippen LogP contribution in [0.2, 0.25) is 0 Å². The molecule has 0 aromatic carbocycles. The van der Waals surface area contributed by atoms with E-state index in [2.05, 4.69) is 19.7 Å². The number of methoxy groups -OCH3 is 1. The lowest BCUT2D eigenvalue weighted by molar-refractivity contribution is 0.215. The maximum atomic E-state index is 4.54. The monoisotopic (exact) mass is 208 g/mol. The smallest absolute Gasteiger partial charge is 0.163 e. The second-order valence-corrected chi connectivity index (χ2v) is 3.06. The molecule has 2 heterocycles. The highest BCUT2D eigenvalue weighted by Crippen LogP contribution is 2.09. The molecular formula is C10H16N4O. The summed E-state index contributed by atoms with van der Waals surface area (Å²) in [6.45, 7) is 4.71. The molecule has 2 rings (SSSR count). The number of fused-ring (bicyclic) bond motifs is 1. The lowest BCUT2D eigenvalue weighted by Gasteiger charge is -1.92. The third-order valence-corrected chi connectivity index (χ3v) is 1.97. The number of rotatable bonds is 1. The molecule has 2 aromatic heterocycles. The van der Waals surface area contributed by atoms with Crippen LogP contribution in [0.1, 0.15) is 12.6 Å². The first kappa shape index (κ1) is 11.6. The van der Waals surface area contributed by atoms with Gasteiger partial charge < -0.3 is 9.30 Å². The van der Waals surface area contributed by atoms with Crippen molar-refractivity contribution in [1.29, 1.82) is 0 Å². The van der Waals surface area contributed by atoms with Crippen molar-refractivity contribution in [1.82, 2.24) is 19.5 Å². The number of hydrogen-bond donors (Lipinski definition) is 0. The van der Waals surface area contributed by atoms with Gasteiger partial charge in [-0.25, -0.2) is 15.0 Å². The lowest BCUT2D eigenvalue weighted by Crippen LogP contribution is -1.90. The predicted octanol–water partition coefficient (Wildman–Crippen LogP) is 1.32. The molecular weight excluding hydrogens is 192 g/mol. The highest BCUT2D eigenvalue weighted by Gasteiger charge is 2.02. The van der Waals surface area contributed by atoms with E-state index >= 15 is 0 Å². The Morgan fingerprint density at radius 2 is 2.00 bits per heavy atom. The topological polar surface area (TPSA) is 52.8 Å². The zero-order chi connectivity index (χ0) is 11.3. The van der Waals surface area contributed by atoms with E-state index in [0.717, 1.165) is 23.5 Å². The van der Waals surface area contributed by atoms with Crippen LogP contribution in [-0.2, 0) is 11.8 Å². The van der Waals surface area contributed by atoms with Crippen LogP contribution in [0.15, 0.2) is 12.7 Å². The normalized spacial score (nSPS) is 9.87. The molecule has 0 unspecified atom stereocenters. The first-order valence-corrected chi connectivity index (χ1v) is 4.78. The summed E-state index contributed by atoms with van der Waals surface area (Å²) in [5, 5.41) is 0. The van der Waals surface area contributed by atoms with Crippen molar-refractivity contribution >= 4 is 11.2 Å². The summed E-state index contributed by atoms with van der Waals surface area (Å²) in [4.78, 5) is 12.3. The van der Waals surface area contributed by atoms with Gasteiger partial charge >= 0.3 is 0 Å². The lowest BCUT2D eigenvalue weighted by atomic mass is 10.4. The van der Waals surface area contributed by atoms with Crippen LogP contribution in [-0.4, -0.2) is 33.2 Å². The van der Waals surface area contributed by atoms with E-state index in [-0.39, 0.29) is 0 Å². The Balaban J connectivity index is 0.000000245. The average Bonchev–Trinajstić information content (AvgIpc) is 2.63. The highest BCUT2D eigenvalue weighted by atomic mass is 16.5. The van der Waals surface area contributed by atoms with Gasteiger partial charge in [-0.05, 0) is 13.8 Å². The molecule has 15 heavy (non-hydrogen) atoms. The summed E-state index contributed by atoms with van der Waals surface area (Å²) in [7, 11) is 3.60. The number of aromatic nitrogens is 4. The predicted molar refractivity (Wildman–Crippen MR) is 58.6 cm³/mol. The molecule has 0 amide bonds. The molecule has 5 heteroatoms.